The number of para-hydroxylation sites is 1. The number of hydrazine groups is 1. The minimum absolute atomic E-state index is 0.0433. The number of alkyl halides is 3. The van der Waals surface area contributed by atoms with Crippen LogP contribution in [0.4, 0.5) is 30.2 Å². The van der Waals surface area contributed by atoms with Gasteiger partial charge in [-0.25, -0.2) is 5.84 Å². The summed E-state index contributed by atoms with van der Waals surface area (Å²) in [7, 11) is 1.46. The van der Waals surface area contributed by atoms with Gasteiger partial charge in [-0.05, 0) is 42.8 Å². The van der Waals surface area contributed by atoms with Crippen molar-refractivity contribution in [1.82, 2.24) is 0 Å². The molecular formula is C20H24F3N5O3. The van der Waals surface area contributed by atoms with Crippen molar-refractivity contribution in [2.24, 2.45) is 11.6 Å². The smallest absolute Gasteiger partial charge is 0.418 e. The van der Waals surface area contributed by atoms with E-state index in [1.54, 1.807) is 30.3 Å². The molecule has 0 aliphatic carbocycles. The van der Waals surface area contributed by atoms with E-state index in [-0.39, 0.29) is 18.5 Å². The molecule has 0 radical (unpaired) electrons. The highest BCUT2D eigenvalue weighted by Gasteiger charge is 2.32. The number of benzene rings is 2. The number of rotatable bonds is 8. The Kier molecular flexibility index (Phi) is 9.86. The van der Waals surface area contributed by atoms with E-state index in [9.17, 15) is 22.8 Å². The summed E-state index contributed by atoms with van der Waals surface area (Å²) in [5.41, 5.74) is 6.81. The zero-order chi connectivity index (χ0) is 23.4. The maximum atomic E-state index is 12.2. The molecule has 0 unspecified atom stereocenters. The van der Waals surface area contributed by atoms with Crippen LogP contribution in [0.5, 0.6) is 0 Å². The third-order valence-electron chi connectivity index (χ3n) is 3.83. The number of carboxylic acid groups (broad SMARTS) is 1. The van der Waals surface area contributed by atoms with Gasteiger partial charge in [0.05, 0.1) is 17.7 Å². The summed E-state index contributed by atoms with van der Waals surface area (Å²) in [6, 6.07) is 12.1. The normalized spacial score (nSPS) is 11.1. The largest absolute Gasteiger partial charge is 0.481 e. The van der Waals surface area contributed by atoms with Gasteiger partial charge in [-0.15, -0.1) is 0 Å². The molecular weight excluding hydrogens is 415 g/mol. The molecule has 7 N–H and O–H groups in total. The lowest BCUT2D eigenvalue weighted by atomic mass is 10.2. The first kappa shape index (κ1) is 25.3. The molecule has 2 rings (SSSR count). The molecule has 11 heteroatoms. The quantitative estimate of drug-likeness (QED) is 0.242. The molecule has 0 atom stereocenters. The highest BCUT2D eigenvalue weighted by molar-refractivity contribution is 5.72. The van der Waals surface area contributed by atoms with Gasteiger partial charge in [0, 0.05) is 30.3 Å². The first-order chi connectivity index (χ1) is 14.6. The number of aliphatic carboxylic acids is 1. The van der Waals surface area contributed by atoms with Gasteiger partial charge in [0.1, 0.15) is 0 Å². The fourth-order valence-corrected chi connectivity index (χ4v) is 2.32. The Bertz CT molecular complexity index is 886. The average Bonchev–Trinajstić information content (AvgIpc) is 2.73. The fraction of sp³-hybridized carbons (Fsp3) is 0.200. The Labute approximate surface area is 177 Å². The number of nitrogens with two attached hydrogens (primary N) is 2. The van der Waals surface area contributed by atoms with Crippen LogP contribution >= 0.6 is 0 Å². The van der Waals surface area contributed by atoms with Gasteiger partial charge in [0.25, 0.3) is 0 Å². The number of carbonyl (C=O) groups excluding carboxylic acids is 1. The number of amides is 1. The highest BCUT2D eigenvalue weighted by atomic mass is 19.4. The van der Waals surface area contributed by atoms with E-state index >= 15 is 0 Å². The van der Waals surface area contributed by atoms with Crippen LogP contribution in [0.3, 0.4) is 0 Å². The predicted octanol–water partition coefficient (Wildman–Crippen LogP) is 3.35. The molecule has 0 aromatic heterocycles. The third-order valence-corrected chi connectivity index (χ3v) is 3.83. The number of carbonyl (C=O) groups is 2. The average molecular weight is 439 g/mol. The maximum absolute atomic E-state index is 12.2. The van der Waals surface area contributed by atoms with E-state index in [1.165, 1.54) is 30.4 Å². The minimum Gasteiger partial charge on any atom is -0.481 e. The van der Waals surface area contributed by atoms with E-state index in [1.807, 2.05) is 0 Å². The fourth-order valence-electron chi connectivity index (χ4n) is 2.32. The standard InChI is InChI=1S/C12H16N4O3.C8H8F3N/c13-9(1-6-12(18)19)7-16(14)11-4-2-10(3-5-11)15-8-17;1-12-7-5-3-2-4-6(7)8(9,10)11/h2-5,7-8H,1,6,13-14H2,(H,15,17)(H,18,19);2-5,12H,1H3/b9-7-;. The lowest BCUT2D eigenvalue weighted by molar-refractivity contribution is -0.137. The van der Waals surface area contributed by atoms with Crippen LogP contribution in [0, 0.1) is 0 Å². The van der Waals surface area contributed by atoms with Gasteiger partial charge in [-0.1, -0.05) is 12.1 Å². The number of allylic oxidation sites excluding steroid dienone is 1. The van der Waals surface area contributed by atoms with Crippen molar-refractivity contribution < 1.29 is 27.9 Å². The van der Waals surface area contributed by atoms with Crippen molar-refractivity contribution >= 4 is 29.4 Å². The maximum Gasteiger partial charge on any atom is 0.418 e. The summed E-state index contributed by atoms with van der Waals surface area (Å²) in [6.07, 6.45) is -2.05. The van der Waals surface area contributed by atoms with Gasteiger partial charge >= 0.3 is 12.1 Å². The molecule has 0 saturated carbocycles. The summed E-state index contributed by atoms with van der Waals surface area (Å²) in [5, 5.41) is 14.8. The van der Waals surface area contributed by atoms with Crippen LogP contribution in [-0.2, 0) is 15.8 Å². The zero-order valence-electron chi connectivity index (χ0n) is 16.7. The van der Waals surface area contributed by atoms with Gasteiger partial charge in [-0.2, -0.15) is 13.2 Å². The Morgan fingerprint density at radius 2 is 1.74 bits per heavy atom. The molecule has 0 fully saturated rings. The van der Waals surface area contributed by atoms with Crippen LogP contribution in [0.2, 0.25) is 0 Å². The second kappa shape index (κ2) is 12.1. The Morgan fingerprint density at radius 3 is 2.23 bits per heavy atom. The lowest BCUT2D eigenvalue weighted by Crippen LogP contribution is -2.26. The van der Waals surface area contributed by atoms with E-state index in [0.29, 0.717) is 23.5 Å². The van der Waals surface area contributed by atoms with Crippen LogP contribution in [-0.4, -0.2) is 24.5 Å². The summed E-state index contributed by atoms with van der Waals surface area (Å²) in [4.78, 5) is 20.6. The van der Waals surface area contributed by atoms with Crippen molar-refractivity contribution in [1.29, 1.82) is 0 Å². The van der Waals surface area contributed by atoms with E-state index in [2.05, 4.69) is 10.6 Å². The molecule has 31 heavy (non-hydrogen) atoms. The Morgan fingerprint density at radius 1 is 1.13 bits per heavy atom. The third kappa shape index (κ3) is 9.09. The van der Waals surface area contributed by atoms with E-state index in [4.69, 9.17) is 16.7 Å². The number of nitrogens with zero attached hydrogens (tertiary/aromatic N) is 1. The molecule has 1 amide bonds. The molecule has 0 aliphatic rings. The van der Waals surface area contributed by atoms with Crippen molar-refractivity contribution in [3.8, 4) is 0 Å². The monoisotopic (exact) mass is 439 g/mol. The van der Waals surface area contributed by atoms with Crippen LogP contribution in [0.1, 0.15) is 18.4 Å². The number of hydrogen-bond acceptors (Lipinski definition) is 6. The second-order valence-corrected chi connectivity index (χ2v) is 6.11. The SMILES string of the molecule is CNc1ccccc1C(F)(F)F.N/C(=C\N(N)c1ccc(NC=O)cc1)CCC(=O)O. The highest BCUT2D eigenvalue weighted by Crippen LogP contribution is 2.34. The number of anilines is 3. The molecule has 0 bridgehead atoms. The number of halogens is 3. The molecule has 0 aliphatic heterocycles. The topological polar surface area (TPSA) is 134 Å². The number of carboxylic acids is 1. The molecule has 8 nitrogen and oxygen atoms in total. The number of nitrogens with one attached hydrogen (secondary N) is 2. The second-order valence-electron chi connectivity index (χ2n) is 6.11. The van der Waals surface area contributed by atoms with Gasteiger partial charge in [0.15, 0.2) is 0 Å². The molecule has 0 spiro atoms. The number of hydrogen-bond donors (Lipinski definition) is 5. The van der Waals surface area contributed by atoms with Crippen molar-refractivity contribution in [2.45, 2.75) is 19.0 Å². The summed E-state index contributed by atoms with van der Waals surface area (Å²) in [6.45, 7) is 0. The van der Waals surface area contributed by atoms with Gasteiger partial charge < -0.3 is 21.5 Å². The summed E-state index contributed by atoms with van der Waals surface area (Å²) < 4.78 is 36.6. The van der Waals surface area contributed by atoms with Gasteiger partial charge in [-0.3, -0.25) is 14.6 Å². The minimum atomic E-state index is -4.28. The summed E-state index contributed by atoms with van der Waals surface area (Å²) in [5.74, 6) is 4.85. The molecule has 0 heterocycles. The van der Waals surface area contributed by atoms with Crippen LogP contribution in [0.25, 0.3) is 0 Å². The first-order valence-corrected chi connectivity index (χ1v) is 8.94. The van der Waals surface area contributed by atoms with E-state index < -0.39 is 17.7 Å². The first-order valence-electron chi connectivity index (χ1n) is 8.94. The zero-order valence-corrected chi connectivity index (χ0v) is 16.7. The van der Waals surface area contributed by atoms with E-state index in [0.717, 1.165) is 6.07 Å². The van der Waals surface area contributed by atoms with Crippen molar-refractivity contribution in [3.05, 3.63) is 66.0 Å². The summed E-state index contributed by atoms with van der Waals surface area (Å²) >= 11 is 0. The van der Waals surface area contributed by atoms with Crippen LogP contribution < -0.4 is 27.2 Å². The predicted molar refractivity (Wildman–Crippen MR) is 113 cm³/mol. The van der Waals surface area contributed by atoms with Gasteiger partial charge in [0.2, 0.25) is 6.41 Å². The Balaban J connectivity index is 0.000000343. The Hall–Kier alpha value is -3.73. The lowest BCUT2D eigenvalue weighted by Gasteiger charge is -2.15. The van der Waals surface area contributed by atoms with Crippen molar-refractivity contribution in [3.63, 3.8) is 0 Å². The molecule has 168 valence electrons. The molecule has 2 aromatic carbocycles. The van der Waals surface area contributed by atoms with Crippen molar-refractivity contribution in [2.75, 3.05) is 22.7 Å². The van der Waals surface area contributed by atoms with Crippen LogP contribution in [0.15, 0.2) is 60.4 Å². The molecule has 0 saturated heterocycles. The molecule has 2 aromatic rings.